The van der Waals surface area contributed by atoms with Gasteiger partial charge in [0.2, 0.25) is 5.91 Å². The first-order valence-electron chi connectivity index (χ1n) is 9.39. The van der Waals surface area contributed by atoms with Gasteiger partial charge in [0.05, 0.1) is 18.6 Å². The third-order valence-electron chi connectivity index (χ3n) is 5.64. The Morgan fingerprint density at radius 1 is 1.36 bits per heavy atom. The Morgan fingerprint density at radius 2 is 2.08 bits per heavy atom. The molecule has 0 radical (unpaired) electrons. The number of methoxy groups -OCH3 is 1. The number of aryl methyl sites for hydroxylation is 1. The van der Waals surface area contributed by atoms with Gasteiger partial charge in [-0.3, -0.25) is 4.79 Å². The summed E-state index contributed by atoms with van der Waals surface area (Å²) in [6.45, 7) is 5.63. The summed E-state index contributed by atoms with van der Waals surface area (Å²) in [5.41, 5.74) is 1.81. The highest BCUT2D eigenvalue weighted by Crippen LogP contribution is 2.49. The van der Waals surface area contributed by atoms with Crippen LogP contribution in [-0.4, -0.2) is 55.3 Å². The number of amides is 1. The third-order valence-corrected chi connectivity index (χ3v) is 5.64. The van der Waals surface area contributed by atoms with Gasteiger partial charge in [-0.15, -0.1) is 0 Å². The van der Waals surface area contributed by atoms with Crippen LogP contribution in [0.4, 0.5) is 0 Å². The second kappa shape index (κ2) is 7.75. The minimum Gasteiger partial charge on any atom is -0.496 e. The zero-order valence-electron chi connectivity index (χ0n) is 15.4. The molecule has 1 heterocycles. The third kappa shape index (κ3) is 4.15. The molecule has 3 rings (SSSR count). The molecule has 1 amide bonds. The van der Waals surface area contributed by atoms with E-state index in [4.69, 9.17) is 4.74 Å². The Kier molecular flexibility index (Phi) is 5.64. The van der Waals surface area contributed by atoms with Gasteiger partial charge in [-0.05, 0) is 62.8 Å². The summed E-state index contributed by atoms with van der Waals surface area (Å²) in [6, 6.07) is 6.11. The first-order valence-corrected chi connectivity index (χ1v) is 9.39. The molecule has 0 unspecified atom stereocenters. The van der Waals surface area contributed by atoms with Crippen LogP contribution in [0.1, 0.15) is 43.2 Å². The number of nitrogens with one attached hydrogen (secondary N) is 1. The Balaban J connectivity index is 1.48. The summed E-state index contributed by atoms with van der Waals surface area (Å²) >= 11 is 0. The van der Waals surface area contributed by atoms with Crippen molar-refractivity contribution in [1.82, 2.24) is 10.2 Å². The SMILES string of the molecule is COc1cc(C2(C(=O)NCCCN3CCC(O)CC3)CC2)ccc1C. The molecule has 1 aromatic carbocycles. The number of carbonyl (C=O) groups is 1. The topological polar surface area (TPSA) is 61.8 Å². The maximum atomic E-state index is 12.7. The van der Waals surface area contributed by atoms with E-state index in [2.05, 4.69) is 16.3 Å². The summed E-state index contributed by atoms with van der Waals surface area (Å²) in [7, 11) is 1.67. The number of piperidine rings is 1. The maximum Gasteiger partial charge on any atom is 0.230 e. The molecule has 5 nitrogen and oxygen atoms in total. The van der Waals surface area contributed by atoms with Crippen LogP contribution in [0.5, 0.6) is 5.75 Å². The van der Waals surface area contributed by atoms with Gasteiger partial charge in [0, 0.05) is 19.6 Å². The van der Waals surface area contributed by atoms with E-state index >= 15 is 0 Å². The lowest BCUT2D eigenvalue weighted by atomic mass is 9.93. The number of benzene rings is 1. The van der Waals surface area contributed by atoms with E-state index in [1.807, 2.05) is 19.1 Å². The number of nitrogens with zero attached hydrogens (tertiary/aromatic N) is 1. The van der Waals surface area contributed by atoms with Crippen molar-refractivity contribution < 1.29 is 14.6 Å². The highest BCUT2D eigenvalue weighted by molar-refractivity contribution is 5.91. The first-order chi connectivity index (χ1) is 12.0. The quantitative estimate of drug-likeness (QED) is 0.742. The lowest BCUT2D eigenvalue weighted by Gasteiger charge is -2.29. The first kappa shape index (κ1) is 18.2. The van der Waals surface area contributed by atoms with E-state index in [9.17, 15) is 9.90 Å². The standard InChI is InChI=1S/C20H30N2O3/c1-15-4-5-16(14-18(15)25-2)20(8-9-20)19(24)21-10-3-11-22-12-6-17(23)7-13-22/h4-5,14,17,23H,3,6-13H2,1-2H3,(H,21,24). The zero-order valence-corrected chi connectivity index (χ0v) is 15.4. The lowest BCUT2D eigenvalue weighted by molar-refractivity contribution is -0.123. The fourth-order valence-corrected chi connectivity index (χ4v) is 3.71. The number of aliphatic hydroxyl groups is 1. The van der Waals surface area contributed by atoms with E-state index in [0.717, 1.165) is 68.6 Å². The minimum atomic E-state index is -0.351. The summed E-state index contributed by atoms with van der Waals surface area (Å²) in [6.07, 6.45) is 4.38. The number of rotatable bonds is 7. The van der Waals surface area contributed by atoms with Crippen LogP contribution in [0.15, 0.2) is 18.2 Å². The van der Waals surface area contributed by atoms with Crippen LogP contribution in [-0.2, 0) is 10.2 Å². The van der Waals surface area contributed by atoms with Gasteiger partial charge in [0.1, 0.15) is 5.75 Å². The Labute approximate surface area is 150 Å². The van der Waals surface area contributed by atoms with Gasteiger partial charge in [0.25, 0.3) is 0 Å². The molecule has 1 aliphatic heterocycles. The zero-order chi connectivity index (χ0) is 17.9. The number of likely N-dealkylation sites (tertiary alicyclic amines) is 1. The van der Waals surface area contributed by atoms with Gasteiger partial charge in [-0.1, -0.05) is 12.1 Å². The average molecular weight is 346 g/mol. The van der Waals surface area contributed by atoms with Crippen LogP contribution in [0.2, 0.25) is 0 Å². The molecule has 0 aromatic heterocycles. The Morgan fingerprint density at radius 3 is 2.72 bits per heavy atom. The monoisotopic (exact) mass is 346 g/mol. The predicted octanol–water partition coefficient (Wildman–Crippen LogP) is 2.00. The lowest BCUT2D eigenvalue weighted by Crippen LogP contribution is -2.39. The van der Waals surface area contributed by atoms with Gasteiger partial charge in [-0.25, -0.2) is 0 Å². The minimum absolute atomic E-state index is 0.128. The number of hydrogen-bond donors (Lipinski definition) is 2. The highest BCUT2D eigenvalue weighted by Gasteiger charge is 2.51. The molecule has 2 N–H and O–H groups in total. The van der Waals surface area contributed by atoms with E-state index in [1.54, 1.807) is 7.11 Å². The number of ether oxygens (including phenoxy) is 1. The van der Waals surface area contributed by atoms with Gasteiger partial charge in [0.15, 0.2) is 0 Å². The molecule has 2 fully saturated rings. The molecule has 1 aliphatic carbocycles. The van der Waals surface area contributed by atoms with E-state index in [-0.39, 0.29) is 17.4 Å². The molecule has 25 heavy (non-hydrogen) atoms. The average Bonchev–Trinajstić information content (AvgIpc) is 3.42. The normalized spacial score (nSPS) is 20.3. The predicted molar refractivity (Wildman–Crippen MR) is 98.0 cm³/mol. The maximum absolute atomic E-state index is 12.7. The number of carbonyl (C=O) groups excluding carboxylic acids is 1. The molecule has 1 saturated heterocycles. The van der Waals surface area contributed by atoms with Crippen LogP contribution < -0.4 is 10.1 Å². The molecule has 138 valence electrons. The molecule has 5 heteroatoms. The number of hydrogen-bond acceptors (Lipinski definition) is 4. The van der Waals surface area contributed by atoms with E-state index in [1.165, 1.54) is 0 Å². The van der Waals surface area contributed by atoms with Crippen molar-refractivity contribution >= 4 is 5.91 Å². The number of aliphatic hydroxyl groups excluding tert-OH is 1. The van der Waals surface area contributed by atoms with Crippen molar-refractivity contribution in [1.29, 1.82) is 0 Å². The molecular formula is C20H30N2O3. The fourth-order valence-electron chi connectivity index (χ4n) is 3.71. The Hall–Kier alpha value is -1.59. The largest absolute Gasteiger partial charge is 0.496 e. The van der Waals surface area contributed by atoms with Crippen molar-refractivity contribution in [3.63, 3.8) is 0 Å². The second-order valence-electron chi connectivity index (χ2n) is 7.45. The summed E-state index contributed by atoms with van der Waals surface area (Å²) in [5.74, 6) is 0.997. The molecule has 0 bridgehead atoms. The smallest absolute Gasteiger partial charge is 0.230 e. The van der Waals surface area contributed by atoms with Crippen LogP contribution in [0.25, 0.3) is 0 Å². The molecule has 0 atom stereocenters. The Bertz CT molecular complexity index is 605. The van der Waals surface area contributed by atoms with Crippen molar-refractivity contribution in [2.45, 2.75) is 50.5 Å². The van der Waals surface area contributed by atoms with Gasteiger partial charge in [-0.2, -0.15) is 0 Å². The summed E-state index contributed by atoms with van der Waals surface area (Å²) in [5, 5.41) is 12.7. The summed E-state index contributed by atoms with van der Waals surface area (Å²) < 4.78 is 5.41. The van der Waals surface area contributed by atoms with E-state index < -0.39 is 0 Å². The van der Waals surface area contributed by atoms with Crippen molar-refractivity contribution in [3.8, 4) is 5.75 Å². The van der Waals surface area contributed by atoms with Gasteiger partial charge >= 0.3 is 0 Å². The van der Waals surface area contributed by atoms with Crippen LogP contribution >= 0.6 is 0 Å². The molecule has 1 aromatic rings. The van der Waals surface area contributed by atoms with Crippen molar-refractivity contribution in [3.05, 3.63) is 29.3 Å². The van der Waals surface area contributed by atoms with Crippen molar-refractivity contribution in [2.75, 3.05) is 33.3 Å². The van der Waals surface area contributed by atoms with Gasteiger partial charge < -0.3 is 20.1 Å². The fraction of sp³-hybridized carbons (Fsp3) is 0.650. The molecule has 2 aliphatic rings. The second-order valence-corrected chi connectivity index (χ2v) is 7.45. The van der Waals surface area contributed by atoms with Crippen LogP contribution in [0.3, 0.4) is 0 Å². The molecular weight excluding hydrogens is 316 g/mol. The molecule has 0 spiro atoms. The van der Waals surface area contributed by atoms with E-state index in [0.29, 0.717) is 6.54 Å². The highest BCUT2D eigenvalue weighted by atomic mass is 16.5. The van der Waals surface area contributed by atoms with Crippen LogP contribution in [0, 0.1) is 6.92 Å². The van der Waals surface area contributed by atoms with Crippen molar-refractivity contribution in [2.24, 2.45) is 0 Å². The summed E-state index contributed by atoms with van der Waals surface area (Å²) in [4.78, 5) is 15.1. The molecule has 1 saturated carbocycles.